The quantitative estimate of drug-likeness (QED) is 0.277. The molecule has 0 spiro atoms. The smallest absolute Gasteiger partial charge is 0.417 e. The van der Waals surface area contributed by atoms with E-state index in [0.717, 1.165) is 63.4 Å². The molecule has 1 saturated heterocycles. The van der Waals surface area contributed by atoms with E-state index in [9.17, 15) is 27.9 Å². The number of rotatable bonds is 6. The number of benzene rings is 1. The number of likely N-dealkylation sites (tertiary alicyclic amines) is 1. The van der Waals surface area contributed by atoms with Crippen LogP contribution in [0.5, 0.6) is 0 Å². The first-order valence-corrected chi connectivity index (χ1v) is 15.8. The number of aromatic carboxylic acids is 1. The van der Waals surface area contributed by atoms with E-state index in [1.807, 2.05) is 18.2 Å². The molecule has 2 saturated carbocycles. The van der Waals surface area contributed by atoms with E-state index in [1.54, 1.807) is 6.07 Å². The van der Waals surface area contributed by atoms with Crippen LogP contribution in [-0.4, -0.2) is 45.9 Å². The van der Waals surface area contributed by atoms with Crippen molar-refractivity contribution in [1.82, 2.24) is 9.88 Å². The molecule has 43 heavy (non-hydrogen) atoms. The first-order chi connectivity index (χ1) is 20.5. The molecule has 0 radical (unpaired) electrons. The molecule has 230 valence electrons. The average molecular weight is 595 g/mol. The van der Waals surface area contributed by atoms with Crippen molar-refractivity contribution in [3.8, 4) is 0 Å². The Labute approximate surface area is 251 Å². The molecule has 6 rings (SSSR count). The van der Waals surface area contributed by atoms with Crippen molar-refractivity contribution in [2.75, 3.05) is 13.1 Å². The number of nitrogens with zero attached hydrogens (tertiary/aromatic N) is 2. The number of aromatic nitrogens is 1. The molecule has 1 aromatic carbocycles. The molecule has 4 aliphatic rings. The van der Waals surface area contributed by atoms with Crippen LogP contribution in [0.3, 0.4) is 0 Å². The third-order valence-corrected chi connectivity index (χ3v) is 11.2. The maximum atomic E-state index is 14.3. The monoisotopic (exact) mass is 594 g/mol. The summed E-state index contributed by atoms with van der Waals surface area (Å²) >= 11 is 0. The number of pyridine rings is 1. The minimum Gasteiger partial charge on any atom is -0.478 e. The lowest BCUT2D eigenvalue weighted by atomic mass is 9.71. The second-order valence-corrected chi connectivity index (χ2v) is 13.6. The van der Waals surface area contributed by atoms with E-state index in [1.165, 1.54) is 6.07 Å². The van der Waals surface area contributed by atoms with Gasteiger partial charge in [0.1, 0.15) is 0 Å². The number of carbonyl (C=O) groups is 2. The highest BCUT2D eigenvalue weighted by atomic mass is 19.4. The third kappa shape index (κ3) is 5.67. The van der Waals surface area contributed by atoms with Crippen LogP contribution in [0.4, 0.5) is 13.2 Å². The van der Waals surface area contributed by atoms with Crippen LogP contribution in [0, 0.1) is 23.2 Å². The number of hydrogen-bond acceptors (Lipinski definition) is 4. The molecule has 0 amide bonds. The summed E-state index contributed by atoms with van der Waals surface area (Å²) in [4.78, 5) is 32.5. The Balaban J connectivity index is 1.12. The molecule has 8 heteroatoms. The summed E-state index contributed by atoms with van der Waals surface area (Å²) in [5, 5.41) is 9.44. The predicted octanol–water partition coefficient (Wildman–Crippen LogP) is 7.49. The van der Waals surface area contributed by atoms with Gasteiger partial charge in [-0.2, -0.15) is 13.2 Å². The Morgan fingerprint density at radius 3 is 2.65 bits per heavy atom. The standard InChI is InChI=1S/C35H41F3N2O3/c1-21-20-40(14-12-30(21)24-5-3-6-26(15-24)33(42)43)29-17-27-7-4-13-34(27,18-29)32(41)22(2)23-8-9-25-16-28(35(36,37)38)19-39-31(25)11-10-23/h3,5-6,15-16,19,21,23,27,29-30H,2,4,7-14,17-18,20H2,1H3,(H,42,43)/t21-,23?,27+,29+,30-,34+/m0/s1. The lowest BCUT2D eigenvalue weighted by Crippen LogP contribution is -2.44. The fourth-order valence-electron chi connectivity index (χ4n) is 8.94. The number of ketones is 1. The third-order valence-electron chi connectivity index (χ3n) is 11.2. The van der Waals surface area contributed by atoms with Gasteiger partial charge >= 0.3 is 12.1 Å². The summed E-state index contributed by atoms with van der Waals surface area (Å²) in [5.41, 5.74) is 2.35. The number of Topliss-reactive ketones (excluding diaryl/α,β-unsaturated/α-hetero) is 1. The van der Waals surface area contributed by atoms with E-state index in [4.69, 9.17) is 0 Å². The molecule has 3 fully saturated rings. The van der Waals surface area contributed by atoms with Crippen LogP contribution in [0.15, 0.2) is 48.7 Å². The number of allylic oxidation sites excluding steroid dienone is 1. The molecule has 6 atom stereocenters. The number of carbonyl (C=O) groups excluding carboxylic acids is 1. The lowest BCUT2D eigenvalue weighted by molar-refractivity contribution is -0.137. The van der Waals surface area contributed by atoms with E-state index in [-0.39, 0.29) is 17.1 Å². The minimum absolute atomic E-state index is 0.0388. The van der Waals surface area contributed by atoms with Crippen molar-refractivity contribution in [3.63, 3.8) is 0 Å². The molecule has 2 aromatic rings. The average Bonchev–Trinajstić information content (AvgIpc) is 3.47. The van der Waals surface area contributed by atoms with E-state index in [0.29, 0.717) is 71.9 Å². The highest BCUT2D eigenvalue weighted by Gasteiger charge is 2.56. The van der Waals surface area contributed by atoms with Crippen LogP contribution in [0.1, 0.15) is 97.0 Å². The highest BCUT2D eigenvalue weighted by molar-refractivity contribution is 6.00. The van der Waals surface area contributed by atoms with Gasteiger partial charge in [-0.3, -0.25) is 9.78 Å². The number of hydrogen-bond donors (Lipinski definition) is 1. The zero-order valence-corrected chi connectivity index (χ0v) is 24.8. The number of aryl methyl sites for hydroxylation is 2. The molecule has 1 unspecified atom stereocenters. The molecule has 1 aliphatic heterocycles. The summed E-state index contributed by atoms with van der Waals surface area (Å²) in [6, 6.07) is 8.91. The molecule has 1 aromatic heterocycles. The van der Waals surface area contributed by atoms with Gasteiger partial charge in [-0.1, -0.05) is 32.1 Å². The fourth-order valence-corrected chi connectivity index (χ4v) is 8.94. The first-order valence-electron chi connectivity index (χ1n) is 15.8. The van der Waals surface area contributed by atoms with Crippen LogP contribution >= 0.6 is 0 Å². The van der Waals surface area contributed by atoms with E-state index >= 15 is 0 Å². The van der Waals surface area contributed by atoms with Gasteiger partial charge in [-0.15, -0.1) is 0 Å². The van der Waals surface area contributed by atoms with Crippen molar-refractivity contribution in [1.29, 1.82) is 0 Å². The van der Waals surface area contributed by atoms with Gasteiger partial charge < -0.3 is 10.0 Å². The fraction of sp³-hybridized carbons (Fsp3) is 0.571. The number of carboxylic acids is 1. The van der Waals surface area contributed by atoms with Crippen molar-refractivity contribution < 1.29 is 27.9 Å². The molecular weight excluding hydrogens is 553 g/mol. The van der Waals surface area contributed by atoms with E-state index < -0.39 is 17.7 Å². The summed E-state index contributed by atoms with van der Waals surface area (Å²) < 4.78 is 39.8. The van der Waals surface area contributed by atoms with Gasteiger partial charge in [0, 0.05) is 29.9 Å². The second-order valence-electron chi connectivity index (χ2n) is 13.6. The Bertz CT molecular complexity index is 1420. The SMILES string of the molecule is C=C(C(=O)[C@@]12CCC[C@@H]1C[C@@H](N1CC[C@H](c3cccc(C(=O)O)c3)[C@@H](C)C1)C2)C1CCc2cc(C(F)(F)F)cnc2CC1. The molecular formula is C35H41F3N2O3. The van der Waals surface area contributed by atoms with Crippen LogP contribution in [0.25, 0.3) is 0 Å². The largest absolute Gasteiger partial charge is 0.478 e. The number of piperidine rings is 1. The normalized spacial score (nSPS) is 31.2. The Morgan fingerprint density at radius 1 is 1.12 bits per heavy atom. The predicted molar refractivity (Wildman–Crippen MR) is 158 cm³/mol. The maximum Gasteiger partial charge on any atom is 0.417 e. The summed E-state index contributed by atoms with van der Waals surface area (Å²) in [7, 11) is 0. The Hall–Kier alpha value is -3.00. The summed E-state index contributed by atoms with van der Waals surface area (Å²) in [6.45, 7) is 8.46. The van der Waals surface area contributed by atoms with Crippen LogP contribution in [0.2, 0.25) is 0 Å². The number of halogens is 3. The summed E-state index contributed by atoms with van der Waals surface area (Å²) in [5.74, 6) is 0.295. The van der Waals surface area contributed by atoms with Crippen LogP contribution < -0.4 is 0 Å². The first kappa shape index (κ1) is 30.0. The van der Waals surface area contributed by atoms with Crippen molar-refractivity contribution in [2.45, 2.75) is 89.3 Å². The van der Waals surface area contributed by atoms with E-state index in [2.05, 4.69) is 23.4 Å². The summed E-state index contributed by atoms with van der Waals surface area (Å²) in [6.07, 6.45) is 4.70. The maximum absolute atomic E-state index is 14.3. The second kappa shape index (κ2) is 11.5. The van der Waals surface area contributed by atoms with Gasteiger partial charge in [-0.05, 0) is 123 Å². The Morgan fingerprint density at radius 2 is 1.91 bits per heavy atom. The van der Waals surface area contributed by atoms with Gasteiger partial charge in [0.05, 0.1) is 11.1 Å². The van der Waals surface area contributed by atoms with Gasteiger partial charge in [-0.25, -0.2) is 4.79 Å². The Kier molecular flexibility index (Phi) is 8.03. The minimum atomic E-state index is -4.42. The number of alkyl halides is 3. The van der Waals surface area contributed by atoms with Gasteiger partial charge in [0.25, 0.3) is 0 Å². The van der Waals surface area contributed by atoms with Crippen molar-refractivity contribution >= 4 is 11.8 Å². The highest BCUT2D eigenvalue weighted by Crippen LogP contribution is 2.58. The van der Waals surface area contributed by atoms with Gasteiger partial charge in [0.15, 0.2) is 5.78 Å². The zero-order valence-electron chi connectivity index (χ0n) is 24.8. The molecule has 0 bridgehead atoms. The zero-order chi connectivity index (χ0) is 30.5. The number of carboxylic acid groups (broad SMARTS) is 1. The van der Waals surface area contributed by atoms with Crippen molar-refractivity contribution in [2.24, 2.45) is 23.2 Å². The van der Waals surface area contributed by atoms with Crippen LogP contribution in [-0.2, 0) is 23.8 Å². The molecule has 3 aliphatic carbocycles. The number of fused-ring (bicyclic) bond motifs is 2. The van der Waals surface area contributed by atoms with Crippen molar-refractivity contribution in [3.05, 3.63) is 76.6 Å². The van der Waals surface area contributed by atoms with Gasteiger partial charge in [0.2, 0.25) is 0 Å². The lowest BCUT2D eigenvalue weighted by Gasteiger charge is -2.41. The molecule has 1 N–H and O–H groups in total. The molecule has 2 heterocycles. The topological polar surface area (TPSA) is 70.5 Å². The molecule has 5 nitrogen and oxygen atoms in total.